The molecule has 3 atom stereocenters. The zero-order valence-electron chi connectivity index (χ0n) is 12.5. The number of rotatable bonds is 5. The highest BCUT2D eigenvalue weighted by molar-refractivity contribution is 5.89. The first-order chi connectivity index (χ1) is 9.01. The number of hydrogen-bond donors (Lipinski definition) is 2. The third-order valence-electron chi connectivity index (χ3n) is 3.86. The van der Waals surface area contributed by atoms with Crippen LogP contribution in [0, 0.1) is 5.92 Å². The minimum absolute atomic E-state index is 0.0122. The minimum Gasteiger partial charge on any atom is -0.343 e. The molecule has 1 heterocycles. The molecule has 19 heavy (non-hydrogen) atoms. The summed E-state index contributed by atoms with van der Waals surface area (Å²) in [5.74, 6) is 0.256. The molecular weight excluding hydrogens is 242 g/mol. The van der Waals surface area contributed by atoms with Gasteiger partial charge in [-0.3, -0.25) is 9.59 Å². The summed E-state index contributed by atoms with van der Waals surface area (Å²) in [5.41, 5.74) is 0. The van der Waals surface area contributed by atoms with Crippen LogP contribution in [0.2, 0.25) is 0 Å². The lowest BCUT2D eigenvalue weighted by Crippen LogP contribution is -2.55. The molecule has 0 saturated carbocycles. The summed E-state index contributed by atoms with van der Waals surface area (Å²) in [6.45, 7) is 9.95. The normalized spacial score (nSPS) is 24.6. The second-order valence-electron chi connectivity index (χ2n) is 5.29. The van der Waals surface area contributed by atoms with Crippen molar-refractivity contribution in [1.29, 1.82) is 0 Å². The molecule has 1 saturated heterocycles. The first-order valence-corrected chi connectivity index (χ1v) is 7.33. The maximum absolute atomic E-state index is 12.2. The molecule has 1 aliphatic heterocycles. The van der Waals surface area contributed by atoms with E-state index in [1.165, 1.54) is 0 Å². The molecule has 0 aromatic rings. The van der Waals surface area contributed by atoms with Gasteiger partial charge in [-0.25, -0.2) is 0 Å². The van der Waals surface area contributed by atoms with Gasteiger partial charge >= 0.3 is 0 Å². The molecule has 0 aromatic carbocycles. The van der Waals surface area contributed by atoms with Crippen molar-refractivity contribution in [3.05, 3.63) is 0 Å². The van der Waals surface area contributed by atoms with Crippen LogP contribution in [0.4, 0.5) is 0 Å². The topological polar surface area (TPSA) is 61.4 Å². The summed E-state index contributed by atoms with van der Waals surface area (Å²) >= 11 is 0. The lowest BCUT2D eigenvalue weighted by Gasteiger charge is -2.30. The van der Waals surface area contributed by atoms with Gasteiger partial charge < -0.3 is 15.5 Å². The molecule has 0 spiro atoms. The Hall–Kier alpha value is -1.10. The maximum Gasteiger partial charge on any atom is 0.244 e. The summed E-state index contributed by atoms with van der Waals surface area (Å²) in [6, 6.07) is -0.621. The Kier molecular flexibility index (Phi) is 6.28. The number of hydrogen-bond acceptors (Lipinski definition) is 3. The average Bonchev–Trinajstić information content (AvgIpc) is 2.40. The van der Waals surface area contributed by atoms with E-state index in [1.54, 1.807) is 11.8 Å². The predicted molar refractivity (Wildman–Crippen MR) is 75.7 cm³/mol. The minimum atomic E-state index is -0.455. The second kappa shape index (κ2) is 7.48. The molecule has 0 bridgehead atoms. The quantitative estimate of drug-likeness (QED) is 0.774. The average molecular weight is 269 g/mol. The molecule has 2 amide bonds. The van der Waals surface area contributed by atoms with Gasteiger partial charge in [0, 0.05) is 13.1 Å². The first kappa shape index (κ1) is 16.0. The Morgan fingerprint density at radius 1 is 1.37 bits per heavy atom. The van der Waals surface area contributed by atoms with Gasteiger partial charge in [-0.15, -0.1) is 0 Å². The molecular formula is C14H27N3O2. The second-order valence-corrected chi connectivity index (χ2v) is 5.29. The standard InChI is InChI=1S/C14H27N3O2/c1-5-17(6-2)14(19)11(4)16-13(18)12-10(3)8-7-9-15-12/h10-12,15H,5-9H2,1-4H3,(H,16,18). The first-order valence-electron chi connectivity index (χ1n) is 7.33. The van der Waals surface area contributed by atoms with Gasteiger partial charge in [0.15, 0.2) is 0 Å². The molecule has 0 radical (unpaired) electrons. The SMILES string of the molecule is CCN(CC)C(=O)C(C)NC(=O)C1NCCCC1C. The molecule has 3 unspecified atom stereocenters. The molecule has 1 aliphatic rings. The number of carbonyl (C=O) groups is 2. The fourth-order valence-corrected chi connectivity index (χ4v) is 2.57. The fourth-order valence-electron chi connectivity index (χ4n) is 2.57. The zero-order chi connectivity index (χ0) is 14.4. The van der Waals surface area contributed by atoms with E-state index < -0.39 is 6.04 Å². The van der Waals surface area contributed by atoms with Gasteiger partial charge in [-0.2, -0.15) is 0 Å². The van der Waals surface area contributed by atoms with Crippen LogP contribution < -0.4 is 10.6 Å². The van der Waals surface area contributed by atoms with Crippen molar-refractivity contribution in [2.75, 3.05) is 19.6 Å². The van der Waals surface area contributed by atoms with Gasteiger partial charge in [0.1, 0.15) is 6.04 Å². The lowest BCUT2D eigenvalue weighted by atomic mass is 9.92. The zero-order valence-corrected chi connectivity index (χ0v) is 12.5. The van der Waals surface area contributed by atoms with Crippen LogP contribution in [0.1, 0.15) is 40.5 Å². The van der Waals surface area contributed by atoms with Crippen LogP contribution in [0.3, 0.4) is 0 Å². The van der Waals surface area contributed by atoms with Crippen molar-refractivity contribution in [3.63, 3.8) is 0 Å². The highest BCUT2D eigenvalue weighted by atomic mass is 16.2. The van der Waals surface area contributed by atoms with E-state index >= 15 is 0 Å². The lowest BCUT2D eigenvalue weighted by molar-refractivity contribution is -0.136. The van der Waals surface area contributed by atoms with Crippen LogP contribution in [-0.2, 0) is 9.59 Å². The van der Waals surface area contributed by atoms with Gasteiger partial charge in [-0.05, 0) is 46.1 Å². The van der Waals surface area contributed by atoms with Crippen molar-refractivity contribution in [2.45, 2.75) is 52.6 Å². The number of amides is 2. The van der Waals surface area contributed by atoms with Gasteiger partial charge in [0.05, 0.1) is 6.04 Å². The van der Waals surface area contributed by atoms with E-state index in [0.29, 0.717) is 19.0 Å². The Bertz CT molecular complexity index is 316. The van der Waals surface area contributed by atoms with Gasteiger partial charge in [0.2, 0.25) is 11.8 Å². The molecule has 110 valence electrons. The Labute approximate surface area is 116 Å². The van der Waals surface area contributed by atoms with Crippen molar-refractivity contribution in [2.24, 2.45) is 5.92 Å². The van der Waals surface area contributed by atoms with Crippen molar-refractivity contribution in [1.82, 2.24) is 15.5 Å². The van der Waals surface area contributed by atoms with E-state index in [-0.39, 0.29) is 17.9 Å². The third kappa shape index (κ3) is 4.20. The van der Waals surface area contributed by atoms with Crippen LogP contribution in [0.15, 0.2) is 0 Å². The summed E-state index contributed by atoms with van der Waals surface area (Å²) in [6.07, 6.45) is 2.17. The third-order valence-corrected chi connectivity index (χ3v) is 3.86. The fraction of sp³-hybridized carbons (Fsp3) is 0.857. The maximum atomic E-state index is 12.2. The number of carbonyl (C=O) groups excluding carboxylic acids is 2. The smallest absolute Gasteiger partial charge is 0.244 e. The predicted octanol–water partition coefficient (Wildman–Crippen LogP) is 0.748. The number of likely N-dealkylation sites (N-methyl/N-ethyl adjacent to an activating group) is 1. The Morgan fingerprint density at radius 3 is 2.53 bits per heavy atom. The highest BCUT2D eigenvalue weighted by Gasteiger charge is 2.29. The molecule has 2 N–H and O–H groups in total. The molecule has 0 aromatic heterocycles. The van der Waals surface area contributed by atoms with E-state index in [4.69, 9.17) is 0 Å². The molecule has 5 nitrogen and oxygen atoms in total. The van der Waals surface area contributed by atoms with E-state index in [9.17, 15) is 9.59 Å². The van der Waals surface area contributed by atoms with E-state index in [2.05, 4.69) is 17.6 Å². The molecule has 5 heteroatoms. The summed E-state index contributed by atoms with van der Waals surface area (Å²) in [7, 11) is 0. The van der Waals surface area contributed by atoms with Crippen LogP contribution in [0.25, 0.3) is 0 Å². The van der Waals surface area contributed by atoms with Gasteiger partial charge in [0.25, 0.3) is 0 Å². The van der Waals surface area contributed by atoms with Crippen molar-refractivity contribution >= 4 is 11.8 Å². The molecule has 1 rings (SSSR count). The number of piperidine rings is 1. The monoisotopic (exact) mass is 269 g/mol. The van der Waals surface area contributed by atoms with Crippen molar-refractivity contribution < 1.29 is 9.59 Å². The Balaban J connectivity index is 2.53. The van der Waals surface area contributed by atoms with Crippen LogP contribution >= 0.6 is 0 Å². The summed E-state index contributed by atoms with van der Waals surface area (Å²) in [4.78, 5) is 26.0. The van der Waals surface area contributed by atoms with Gasteiger partial charge in [-0.1, -0.05) is 6.92 Å². The number of nitrogens with zero attached hydrogens (tertiary/aromatic N) is 1. The van der Waals surface area contributed by atoms with Crippen LogP contribution in [0.5, 0.6) is 0 Å². The largest absolute Gasteiger partial charge is 0.343 e. The van der Waals surface area contributed by atoms with Crippen LogP contribution in [-0.4, -0.2) is 48.4 Å². The molecule has 0 aliphatic carbocycles. The molecule has 1 fully saturated rings. The Morgan fingerprint density at radius 2 is 2.00 bits per heavy atom. The van der Waals surface area contributed by atoms with E-state index in [0.717, 1.165) is 19.4 Å². The van der Waals surface area contributed by atoms with E-state index in [1.807, 2.05) is 13.8 Å². The summed E-state index contributed by atoms with van der Waals surface area (Å²) in [5, 5.41) is 6.07. The number of nitrogens with one attached hydrogen (secondary N) is 2. The van der Waals surface area contributed by atoms with Crippen molar-refractivity contribution in [3.8, 4) is 0 Å². The highest BCUT2D eigenvalue weighted by Crippen LogP contribution is 2.15. The summed E-state index contributed by atoms with van der Waals surface area (Å²) < 4.78 is 0.